The molecule has 1 fully saturated rings. The number of anilines is 1. The first-order valence-electron chi connectivity index (χ1n) is 9.18. The van der Waals surface area contributed by atoms with Crippen molar-refractivity contribution < 1.29 is 13.9 Å². The zero-order valence-electron chi connectivity index (χ0n) is 14.9. The Morgan fingerprint density at radius 2 is 2.15 bits per heavy atom. The lowest BCUT2D eigenvalue weighted by atomic mass is 9.90. The first-order chi connectivity index (χ1) is 13.3. The number of hydrogen-bond acceptors (Lipinski definition) is 6. The molecular formula is C20H21N3O3S. The maximum atomic E-state index is 12.6. The highest BCUT2D eigenvalue weighted by Gasteiger charge is 2.18. The van der Waals surface area contributed by atoms with Crippen molar-refractivity contribution >= 4 is 23.1 Å². The molecule has 27 heavy (non-hydrogen) atoms. The molecule has 0 radical (unpaired) electrons. The van der Waals surface area contributed by atoms with Crippen LogP contribution < -0.4 is 10.1 Å². The van der Waals surface area contributed by atoms with Crippen LogP contribution >= 0.6 is 11.3 Å². The fraction of sp³-hybridized carbons (Fsp3) is 0.350. The third-order valence-electron chi connectivity index (χ3n) is 4.67. The molecule has 3 heterocycles. The lowest BCUT2D eigenvalue weighted by molar-refractivity contribution is 0.102. The van der Waals surface area contributed by atoms with E-state index in [-0.39, 0.29) is 5.91 Å². The molecule has 3 aromatic heterocycles. The number of pyridine rings is 1. The van der Waals surface area contributed by atoms with Gasteiger partial charge in [0.1, 0.15) is 5.69 Å². The highest BCUT2D eigenvalue weighted by molar-refractivity contribution is 7.13. The summed E-state index contributed by atoms with van der Waals surface area (Å²) in [5, 5.41) is 5.19. The average molecular weight is 383 g/mol. The van der Waals surface area contributed by atoms with Gasteiger partial charge >= 0.3 is 0 Å². The molecule has 0 aliphatic heterocycles. The largest absolute Gasteiger partial charge is 0.489 e. The predicted molar refractivity (Wildman–Crippen MR) is 104 cm³/mol. The number of carbonyl (C=O) groups is 1. The molecule has 140 valence electrons. The summed E-state index contributed by atoms with van der Waals surface area (Å²) in [6.45, 7) is 0.661. The van der Waals surface area contributed by atoms with Crippen molar-refractivity contribution in [3.8, 4) is 16.5 Å². The van der Waals surface area contributed by atoms with Crippen LogP contribution in [0.4, 0.5) is 5.82 Å². The van der Waals surface area contributed by atoms with Crippen molar-refractivity contribution in [3.05, 3.63) is 47.8 Å². The Morgan fingerprint density at radius 3 is 2.96 bits per heavy atom. The van der Waals surface area contributed by atoms with Gasteiger partial charge < -0.3 is 14.5 Å². The molecule has 6 nitrogen and oxygen atoms in total. The number of nitrogens with one attached hydrogen (secondary N) is 1. The van der Waals surface area contributed by atoms with E-state index in [2.05, 4.69) is 15.3 Å². The second kappa shape index (κ2) is 8.35. The maximum absolute atomic E-state index is 12.6. The number of rotatable bonds is 6. The van der Waals surface area contributed by atoms with E-state index in [0.29, 0.717) is 40.6 Å². The Kier molecular flexibility index (Phi) is 5.48. The number of ether oxygens (including phenoxy) is 1. The quantitative estimate of drug-likeness (QED) is 0.647. The van der Waals surface area contributed by atoms with E-state index in [1.165, 1.54) is 43.4 Å². The van der Waals surface area contributed by atoms with Crippen molar-refractivity contribution in [3.63, 3.8) is 0 Å². The number of aromatic nitrogens is 2. The van der Waals surface area contributed by atoms with Crippen molar-refractivity contribution in [2.75, 3.05) is 11.9 Å². The van der Waals surface area contributed by atoms with Gasteiger partial charge in [-0.25, -0.2) is 9.97 Å². The summed E-state index contributed by atoms with van der Waals surface area (Å²) in [6.07, 6.45) is 9.49. The van der Waals surface area contributed by atoms with E-state index in [1.54, 1.807) is 23.9 Å². The van der Waals surface area contributed by atoms with Crippen molar-refractivity contribution in [1.29, 1.82) is 0 Å². The van der Waals surface area contributed by atoms with Gasteiger partial charge in [-0.3, -0.25) is 4.79 Å². The van der Waals surface area contributed by atoms with Gasteiger partial charge in [0.2, 0.25) is 0 Å². The first kappa shape index (κ1) is 17.7. The molecule has 7 heteroatoms. The Hall–Kier alpha value is -2.67. The van der Waals surface area contributed by atoms with Crippen LogP contribution in [-0.4, -0.2) is 22.5 Å². The summed E-state index contributed by atoms with van der Waals surface area (Å²) in [4.78, 5) is 21.2. The van der Waals surface area contributed by atoms with Gasteiger partial charge in [-0.15, -0.1) is 11.3 Å². The summed E-state index contributed by atoms with van der Waals surface area (Å²) in [7, 11) is 0. The third-order valence-corrected chi connectivity index (χ3v) is 5.53. The van der Waals surface area contributed by atoms with Gasteiger partial charge in [0.05, 0.1) is 12.9 Å². The summed E-state index contributed by atoms with van der Waals surface area (Å²) in [5.41, 5.74) is 0.329. The molecule has 0 bridgehead atoms. The molecule has 0 aromatic carbocycles. The first-order valence-corrected chi connectivity index (χ1v) is 10.1. The van der Waals surface area contributed by atoms with E-state index in [4.69, 9.17) is 9.15 Å². The fourth-order valence-corrected chi connectivity index (χ4v) is 3.99. The van der Waals surface area contributed by atoms with E-state index >= 15 is 0 Å². The minimum absolute atomic E-state index is 0.315. The van der Waals surface area contributed by atoms with E-state index in [1.807, 2.05) is 18.2 Å². The molecule has 0 saturated heterocycles. The molecular weight excluding hydrogens is 362 g/mol. The number of nitrogens with zero attached hydrogens (tertiary/aromatic N) is 2. The number of hydrogen-bond donors (Lipinski definition) is 1. The minimum atomic E-state index is -0.315. The Bertz CT molecular complexity index is 886. The van der Waals surface area contributed by atoms with Crippen molar-refractivity contribution in [2.24, 2.45) is 5.92 Å². The molecule has 0 unspecified atom stereocenters. The standard InChI is InChI=1S/C20H21N3O3S/c24-19(15-13-27-20(22-15)17-9-5-11-25-17)23-18-16(8-4-10-21-18)26-12-14-6-2-1-3-7-14/h4-5,8-11,13-14H,1-3,6-7,12H2,(H,21,23,24). The highest BCUT2D eigenvalue weighted by atomic mass is 32.1. The number of amides is 1. The van der Waals surface area contributed by atoms with Gasteiger partial charge in [-0.2, -0.15) is 0 Å². The lowest BCUT2D eigenvalue weighted by Gasteiger charge is -2.22. The summed E-state index contributed by atoms with van der Waals surface area (Å²) < 4.78 is 11.3. The third kappa shape index (κ3) is 4.36. The zero-order valence-corrected chi connectivity index (χ0v) is 15.7. The number of furan rings is 1. The molecule has 0 spiro atoms. The second-order valence-electron chi connectivity index (χ2n) is 6.63. The smallest absolute Gasteiger partial charge is 0.276 e. The van der Waals surface area contributed by atoms with Crippen LogP contribution in [0.15, 0.2) is 46.5 Å². The predicted octanol–water partition coefficient (Wildman–Crippen LogP) is 5.01. The van der Waals surface area contributed by atoms with Crippen LogP contribution in [0.3, 0.4) is 0 Å². The van der Waals surface area contributed by atoms with Crippen LogP contribution in [0.5, 0.6) is 5.75 Å². The van der Waals surface area contributed by atoms with Gasteiger partial charge in [-0.05, 0) is 43.0 Å². The Balaban J connectivity index is 1.42. The van der Waals surface area contributed by atoms with E-state index in [9.17, 15) is 4.79 Å². The number of carbonyl (C=O) groups excluding carboxylic acids is 1. The molecule has 1 amide bonds. The molecule has 1 N–H and O–H groups in total. The summed E-state index contributed by atoms with van der Waals surface area (Å²) >= 11 is 1.36. The number of thiazole rings is 1. The highest BCUT2D eigenvalue weighted by Crippen LogP contribution is 2.28. The Labute approximate surface area is 161 Å². The lowest BCUT2D eigenvalue weighted by Crippen LogP contribution is -2.18. The van der Waals surface area contributed by atoms with Crippen molar-refractivity contribution in [1.82, 2.24) is 9.97 Å². The van der Waals surface area contributed by atoms with Crippen LogP contribution in [0, 0.1) is 5.92 Å². The van der Waals surface area contributed by atoms with Crippen LogP contribution in [0.2, 0.25) is 0 Å². The molecule has 4 rings (SSSR count). The zero-order chi connectivity index (χ0) is 18.5. The normalized spacial score (nSPS) is 14.8. The fourth-order valence-electron chi connectivity index (χ4n) is 3.23. The van der Waals surface area contributed by atoms with E-state index < -0.39 is 0 Å². The summed E-state index contributed by atoms with van der Waals surface area (Å²) in [5.74, 6) is 1.93. The summed E-state index contributed by atoms with van der Waals surface area (Å²) in [6, 6.07) is 7.25. The van der Waals surface area contributed by atoms with Crippen LogP contribution in [0.25, 0.3) is 10.8 Å². The average Bonchev–Trinajstić information content (AvgIpc) is 3.40. The van der Waals surface area contributed by atoms with Gasteiger partial charge in [0.25, 0.3) is 5.91 Å². The van der Waals surface area contributed by atoms with Crippen LogP contribution in [0.1, 0.15) is 42.6 Å². The van der Waals surface area contributed by atoms with Crippen molar-refractivity contribution in [2.45, 2.75) is 32.1 Å². The van der Waals surface area contributed by atoms with Gasteiger partial charge in [0.15, 0.2) is 22.3 Å². The SMILES string of the molecule is O=C(Nc1ncccc1OCC1CCCCC1)c1csc(-c2ccco2)n1. The van der Waals surface area contributed by atoms with Gasteiger partial charge in [0, 0.05) is 11.6 Å². The van der Waals surface area contributed by atoms with Gasteiger partial charge in [-0.1, -0.05) is 19.3 Å². The van der Waals surface area contributed by atoms with E-state index in [0.717, 1.165) is 0 Å². The second-order valence-corrected chi connectivity index (χ2v) is 7.49. The molecule has 1 aliphatic carbocycles. The molecule has 3 aromatic rings. The van der Waals surface area contributed by atoms with Crippen LogP contribution in [-0.2, 0) is 0 Å². The topological polar surface area (TPSA) is 77.2 Å². The molecule has 1 saturated carbocycles. The Morgan fingerprint density at radius 1 is 1.26 bits per heavy atom. The maximum Gasteiger partial charge on any atom is 0.276 e. The molecule has 0 atom stereocenters. The minimum Gasteiger partial charge on any atom is -0.489 e. The molecule has 1 aliphatic rings. The monoisotopic (exact) mass is 383 g/mol.